The Hall–Kier alpha value is -0.930. The maximum atomic E-state index is 4.39. The lowest BCUT2D eigenvalue weighted by Gasteiger charge is -2.21. The molecule has 0 radical (unpaired) electrons. The summed E-state index contributed by atoms with van der Waals surface area (Å²) in [6.07, 6.45) is 7.42. The van der Waals surface area contributed by atoms with Crippen molar-refractivity contribution in [2.75, 3.05) is 19.6 Å². The lowest BCUT2D eigenvalue weighted by molar-refractivity contribution is 0.271. The zero-order valence-corrected chi connectivity index (χ0v) is 11.4. The topological polar surface area (TPSA) is 28.2 Å². The number of likely N-dealkylation sites (N-methyl/N-ethyl adjacent to an activating group) is 1. The van der Waals surface area contributed by atoms with E-state index in [0.717, 1.165) is 32.2 Å². The van der Waals surface area contributed by atoms with Gasteiger partial charge in [0.15, 0.2) is 0 Å². The van der Waals surface area contributed by atoms with Gasteiger partial charge in [-0.3, -0.25) is 9.88 Å². The minimum absolute atomic E-state index is 0.776. The molecule has 0 atom stereocenters. The standard InChI is InChI=1S/C15H25N3/c1-2-18(13-15-9-5-6-10-16-15)12-11-17-14-7-3-4-8-14/h5-6,9-10,14,17H,2-4,7-8,11-13H2,1H3. The molecule has 1 saturated carbocycles. The summed E-state index contributed by atoms with van der Waals surface area (Å²) in [4.78, 5) is 6.84. The SMILES string of the molecule is CCN(CCNC1CCCC1)Cc1ccccn1. The Morgan fingerprint density at radius 1 is 1.33 bits per heavy atom. The summed E-state index contributed by atoms with van der Waals surface area (Å²) in [6.45, 7) is 6.49. The van der Waals surface area contributed by atoms with E-state index in [1.54, 1.807) is 0 Å². The summed E-state index contributed by atoms with van der Waals surface area (Å²) >= 11 is 0. The van der Waals surface area contributed by atoms with Gasteiger partial charge in [0.1, 0.15) is 0 Å². The van der Waals surface area contributed by atoms with E-state index in [-0.39, 0.29) is 0 Å². The summed E-state index contributed by atoms with van der Waals surface area (Å²) in [7, 11) is 0. The van der Waals surface area contributed by atoms with E-state index in [2.05, 4.69) is 34.3 Å². The molecule has 100 valence electrons. The van der Waals surface area contributed by atoms with Crippen LogP contribution >= 0.6 is 0 Å². The zero-order chi connectivity index (χ0) is 12.6. The summed E-state index contributed by atoms with van der Waals surface area (Å²) in [5.74, 6) is 0. The minimum Gasteiger partial charge on any atom is -0.313 e. The first kappa shape index (κ1) is 13.5. The summed E-state index contributed by atoms with van der Waals surface area (Å²) < 4.78 is 0. The van der Waals surface area contributed by atoms with Crippen LogP contribution in [-0.4, -0.2) is 35.6 Å². The van der Waals surface area contributed by atoms with Crippen LogP contribution in [0.15, 0.2) is 24.4 Å². The second-order valence-electron chi connectivity index (χ2n) is 5.13. The van der Waals surface area contributed by atoms with Crippen molar-refractivity contribution in [3.8, 4) is 0 Å². The third kappa shape index (κ3) is 4.39. The van der Waals surface area contributed by atoms with Crippen molar-refractivity contribution in [3.63, 3.8) is 0 Å². The summed E-state index contributed by atoms with van der Waals surface area (Å²) in [5.41, 5.74) is 1.17. The molecule has 1 N–H and O–H groups in total. The molecule has 1 fully saturated rings. The molecule has 1 aliphatic carbocycles. The van der Waals surface area contributed by atoms with E-state index < -0.39 is 0 Å². The van der Waals surface area contributed by atoms with Crippen LogP contribution in [0.5, 0.6) is 0 Å². The van der Waals surface area contributed by atoms with Gasteiger partial charge in [-0.1, -0.05) is 25.8 Å². The number of nitrogens with one attached hydrogen (secondary N) is 1. The van der Waals surface area contributed by atoms with Crippen molar-refractivity contribution in [3.05, 3.63) is 30.1 Å². The molecule has 1 aliphatic rings. The van der Waals surface area contributed by atoms with Crippen molar-refractivity contribution in [2.45, 2.75) is 45.2 Å². The molecular weight excluding hydrogens is 222 g/mol. The van der Waals surface area contributed by atoms with Crippen molar-refractivity contribution >= 4 is 0 Å². The van der Waals surface area contributed by atoms with Gasteiger partial charge in [-0.05, 0) is 31.5 Å². The van der Waals surface area contributed by atoms with E-state index >= 15 is 0 Å². The average Bonchev–Trinajstić information content (AvgIpc) is 2.92. The van der Waals surface area contributed by atoms with Gasteiger partial charge in [-0.25, -0.2) is 0 Å². The Kier molecular flexibility index (Phi) is 5.62. The Morgan fingerprint density at radius 3 is 2.83 bits per heavy atom. The first-order valence-corrected chi connectivity index (χ1v) is 7.24. The van der Waals surface area contributed by atoms with Crippen LogP contribution in [0.3, 0.4) is 0 Å². The van der Waals surface area contributed by atoms with E-state index in [1.165, 1.54) is 31.4 Å². The van der Waals surface area contributed by atoms with Crippen molar-refractivity contribution < 1.29 is 0 Å². The maximum absolute atomic E-state index is 4.39. The fourth-order valence-electron chi connectivity index (χ4n) is 2.63. The normalized spacial score (nSPS) is 16.6. The molecule has 0 aliphatic heterocycles. The van der Waals surface area contributed by atoms with Gasteiger partial charge in [-0.2, -0.15) is 0 Å². The van der Waals surface area contributed by atoms with Crippen molar-refractivity contribution in [1.29, 1.82) is 0 Å². The minimum atomic E-state index is 0.776. The first-order chi connectivity index (χ1) is 8.88. The number of rotatable bonds is 7. The molecule has 0 spiro atoms. The number of hydrogen-bond donors (Lipinski definition) is 1. The molecule has 0 amide bonds. The number of aromatic nitrogens is 1. The zero-order valence-electron chi connectivity index (χ0n) is 11.4. The molecule has 1 heterocycles. The molecule has 2 rings (SSSR count). The van der Waals surface area contributed by atoms with E-state index in [0.29, 0.717) is 0 Å². The van der Waals surface area contributed by atoms with Crippen LogP contribution < -0.4 is 5.32 Å². The van der Waals surface area contributed by atoms with Gasteiger partial charge >= 0.3 is 0 Å². The lowest BCUT2D eigenvalue weighted by Crippen LogP contribution is -2.35. The van der Waals surface area contributed by atoms with Crippen LogP contribution in [0.25, 0.3) is 0 Å². The van der Waals surface area contributed by atoms with Gasteiger partial charge < -0.3 is 5.32 Å². The second kappa shape index (κ2) is 7.49. The Bertz CT molecular complexity index is 320. The highest BCUT2D eigenvalue weighted by Gasteiger charge is 2.14. The highest BCUT2D eigenvalue weighted by molar-refractivity contribution is 5.03. The lowest BCUT2D eigenvalue weighted by atomic mass is 10.2. The third-order valence-electron chi connectivity index (χ3n) is 3.78. The molecular formula is C15H25N3. The molecule has 3 heteroatoms. The van der Waals surface area contributed by atoms with Crippen molar-refractivity contribution in [2.24, 2.45) is 0 Å². The molecule has 0 aromatic carbocycles. The molecule has 0 bridgehead atoms. The summed E-state index contributed by atoms with van der Waals surface area (Å²) in [5, 5.41) is 3.67. The van der Waals surface area contributed by atoms with Crippen LogP contribution in [-0.2, 0) is 6.54 Å². The van der Waals surface area contributed by atoms with E-state index in [1.807, 2.05) is 12.3 Å². The van der Waals surface area contributed by atoms with Gasteiger partial charge in [0.05, 0.1) is 5.69 Å². The monoisotopic (exact) mass is 247 g/mol. The molecule has 0 saturated heterocycles. The first-order valence-electron chi connectivity index (χ1n) is 7.24. The highest BCUT2D eigenvalue weighted by Crippen LogP contribution is 2.17. The van der Waals surface area contributed by atoms with Gasteiger partial charge in [-0.15, -0.1) is 0 Å². The van der Waals surface area contributed by atoms with E-state index in [4.69, 9.17) is 0 Å². The number of pyridine rings is 1. The Morgan fingerprint density at radius 2 is 2.17 bits per heavy atom. The number of hydrogen-bond acceptors (Lipinski definition) is 3. The smallest absolute Gasteiger partial charge is 0.0543 e. The largest absolute Gasteiger partial charge is 0.313 e. The van der Waals surface area contributed by atoms with Gasteiger partial charge in [0, 0.05) is 31.9 Å². The van der Waals surface area contributed by atoms with Crippen LogP contribution in [0.2, 0.25) is 0 Å². The summed E-state index contributed by atoms with van der Waals surface area (Å²) in [6, 6.07) is 6.92. The Balaban J connectivity index is 1.68. The second-order valence-corrected chi connectivity index (χ2v) is 5.13. The van der Waals surface area contributed by atoms with Crippen LogP contribution in [0.1, 0.15) is 38.3 Å². The highest BCUT2D eigenvalue weighted by atomic mass is 15.1. The third-order valence-corrected chi connectivity index (χ3v) is 3.78. The van der Waals surface area contributed by atoms with Crippen LogP contribution in [0.4, 0.5) is 0 Å². The predicted molar refractivity (Wildman–Crippen MR) is 75.4 cm³/mol. The maximum Gasteiger partial charge on any atom is 0.0543 e. The quantitative estimate of drug-likeness (QED) is 0.802. The van der Waals surface area contributed by atoms with E-state index in [9.17, 15) is 0 Å². The fourth-order valence-corrected chi connectivity index (χ4v) is 2.63. The van der Waals surface area contributed by atoms with Gasteiger partial charge in [0.2, 0.25) is 0 Å². The molecule has 1 aromatic heterocycles. The molecule has 1 aromatic rings. The van der Waals surface area contributed by atoms with Crippen molar-refractivity contribution in [1.82, 2.24) is 15.2 Å². The predicted octanol–water partition coefficient (Wildman–Crippen LogP) is 2.44. The molecule has 0 unspecified atom stereocenters. The van der Waals surface area contributed by atoms with Crippen LogP contribution in [0, 0.1) is 0 Å². The molecule has 3 nitrogen and oxygen atoms in total. The molecule has 18 heavy (non-hydrogen) atoms. The fraction of sp³-hybridized carbons (Fsp3) is 0.667. The average molecular weight is 247 g/mol. The van der Waals surface area contributed by atoms with Gasteiger partial charge in [0.25, 0.3) is 0 Å². The Labute approximate surface area is 111 Å². The number of nitrogens with zero attached hydrogens (tertiary/aromatic N) is 2.